The number of nitrogens with zero attached hydrogens (tertiary/aromatic N) is 1. The van der Waals surface area contributed by atoms with Gasteiger partial charge in [0.05, 0.1) is 18.0 Å². The molecule has 2 aromatic carbocycles. The van der Waals surface area contributed by atoms with Crippen LogP contribution < -0.4 is 9.62 Å². The minimum Gasteiger partial charge on any atom is -0.348 e. The van der Waals surface area contributed by atoms with Crippen LogP contribution in [0.5, 0.6) is 0 Å². The number of rotatable bonds is 6. The Bertz CT molecular complexity index is 973. The van der Waals surface area contributed by atoms with Crippen molar-refractivity contribution < 1.29 is 13.2 Å². The molecule has 2 rings (SSSR count). The van der Waals surface area contributed by atoms with Crippen LogP contribution in [-0.2, 0) is 14.8 Å². The van der Waals surface area contributed by atoms with Crippen LogP contribution in [0.3, 0.4) is 0 Å². The van der Waals surface area contributed by atoms with Gasteiger partial charge in [-0.3, -0.25) is 9.10 Å². The summed E-state index contributed by atoms with van der Waals surface area (Å²) >= 11 is 12.0. The van der Waals surface area contributed by atoms with Gasteiger partial charge < -0.3 is 5.32 Å². The van der Waals surface area contributed by atoms with E-state index in [0.29, 0.717) is 0 Å². The smallest absolute Gasteiger partial charge is 0.244 e. The highest BCUT2D eigenvalue weighted by atomic mass is 35.5. The van der Waals surface area contributed by atoms with E-state index in [1.54, 1.807) is 0 Å². The molecule has 0 aliphatic heterocycles. The van der Waals surface area contributed by atoms with Crippen molar-refractivity contribution in [1.29, 1.82) is 0 Å². The number of carbonyl (C=O) groups excluding carboxylic acids is 1. The Morgan fingerprint density at radius 3 is 2.14 bits per heavy atom. The molecule has 0 aromatic heterocycles. The maximum absolute atomic E-state index is 12.9. The number of halogens is 2. The molecule has 152 valence electrons. The van der Waals surface area contributed by atoms with Gasteiger partial charge in [-0.05, 0) is 57.0 Å². The number of hydrogen-bond acceptors (Lipinski definition) is 3. The summed E-state index contributed by atoms with van der Waals surface area (Å²) in [5.41, 5.74) is 3.35. The summed E-state index contributed by atoms with van der Waals surface area (Å²) in [7, 11) is -3.76. The van der Waals surface area contributed by atoms with Crippen molar-refractivity contribution in [3.05, 3.63) is 63.1 Å². The number of nitrogens with one attached hydrogen (secondary N) is 1. The summed E-state index contributed by atoms with van der Waals surface area (Å²) in [6.07, 6.45) is 1.04. The number of benzene rings is 2. The highest BCUT2D eigenvalue weighted by Gasteiger charge is 2.30. The lowest BCUT2D eigenvalue weighted by atomic mass is 10.00. The fourth-order valence-corrected chi connectivity index (χ4v) is 4.79. The van der Waals surface area contributed by atoms with Gasteiger partial charge in [0.15, 0.2) is 0 Å². The van der Waals surface area contributed by atoms with Crippen molar-refractivity contribution in [3.8, 4) is 0 Å². The molecule has 0 fully saturated rings. The van der Waals surface area contributed by atoms with Gasteiger partial charge in [-0.25, -0.2) is 8.42 Å². The molecular formula is C20H24Cl2N2O3S. The van der Waals surface area contributed by atoms with Crippen molar-refractivity contribution in [2.75, 3.05) is 10.6 Å². The molecule has 0 saturated carbocycles. The number of carbonyl (C=O) groups is 1. The largest absolute Gasteiger partial charge is 0.348 e. The fourth-order valence-electron chi connectivity index (χ4n) is 3.11. The number of hydrogen-bond donors (Lipinski definition) is 1. The Morgan fingerprint density at radius 2 is 1.61 bits per heavy atom. The first-order chi connectivity index (χ1) is 12.9. The fraction of sp³-hybridized carbons (Fsp3) is 0.350. The van der Waals surface area contributed by atoms with E-state index < -0.39 is 22.0 Å². The molecule has 0 saturated heterocycles. The van der Waals surface area contributed by atoms with E-state index in [2.05, 4.69) is 5.32 Å². The van der Waals surface area contributed by atoms with E-state index >= 15 is 0 Å². The van der Waals surface area contributed by atoms with Crippen LogP contribution in [0.1, 0.15) is 36.6 Å². The Hall–Kier alpha value is -1.76. The first-order valence-electron chi connectivity index (χ1n) is 8.73. The highest BCUT2D eigenvalue weighted by Crippen LogP contribution is 2.29. The Morgan fingerprint density at radius 1 is 1.04 bits per heavy atom. The average molecular weight is 443 g/mol. The minimum atomic E-state index is -3.76. The van der Waals surface area contributed by atoms with E-state index in [4.69, 9.17) is 23.2 Å². The molecule has 2 aromatic rings. The lowest BCUT2D eigenvalue weighted by Gasteiger charge is -2.29. The zero-order valence-electron chi connectivity index (χ0n) is 16.5. The van der Waals surface area contributed by atoms with E-state index in [1.807, 2.05) is 39.0 Å². The van der Waals surface area contributed by atoms with Crippen molar-refractivity contribution in [2.24, 2.45) is 0 Å². The molecule has 0 aliphatic rings. The number of aryl methyl sites for hydroxylation is 2. The van der Waals surface area contributed by atoms with Crippen molar-refractivity contribution in [3.63, 3.8) is 0 Å². The van der Waals surface area contributed by atoms with Gasteiger partial charge in [-0.2, -0.15) is 0 Å². The number of amides is 1. The molecule has 1 N–H and O–H groups in total. The third-order valence-corrected chi connectivity index (χ3v) is 6.13. The number of anilines is 1. The standard InChI is InChI=1S/C20H24Cl2N2O3S/c1-12-6-7-13(2)19(8-12)14(3)23-20(25)15(4)24(28(5,26)27)18-10-16(21)9-17(22)11-18/h6-11,14-15H,1-5H3,(H,23,25)/t14-,15+/m1/s1. The molecule has 28 heavy (non-hydrogen) atoms. The third-order valence-electron chi connectivity index (χ3n) is 4.45. The zero-order valence-corrected chi connectivity index (χ0v) is 18.8. The zero-order chi connectivity index (χ0) is 21.2. The van der Waals surface area contributed by atoms with Gasteiger partial charge >= 0.3 is 0 Å². The van der Waals surface area contributed by atoms with Gasteiger partial charge in [0, 0.05) is 10.0 Å². The second-order valence-corrected chi connectivity index (χ2v) is 9.69. The minimum absolute atomic E-state index is 0.238. The molecule has 0 spiro atoms. The lowest BCUT2D eigenvalue weighted by Crippen LogP contribution is -2.48. The molecule has 2 atom stereocenters. The summed E-state index contributed by atoms with van der Waals surface area (Å²) in [6, 6.07) is 9.17. The first-order valence-corrected chi connectivity index (χ1v) is 11.3. The molecule has 8 heteroatoms. The summed E-state index contributed by atoms with van der Waals surface area (Å²) < 4.78 is 25.9. The summed E-state index contributed by atoms with van der Waals surface area (Å²) in [5.74, 6) is -0.421. The van der Waals surface area contributed by atoms with Gasteiger partial charge in [-0.1, -0.05) is 47.0 Å². The van der Waals surface area contributed by atoms with E-state index in [9.17, 15) is 13.2 Å². The first kappa shape index (κ1) is 22.5. The Labute approximate surface area is 176 Å². The molecule has 0 heterocycles. The molecular weight excluding hydrogens is 419 g/mol. The monoisotopic (exact) mass is 442 g/mol. The Balaban J connectivity index is 2.32. The van der Waals surface area contributed by atoms with Crippen molar-refractivity contribution in [2.45, 2.75) is 39.8 Å². The van der Waals surface area contributed by atoms with Gasteiger partial charge in [0.1, 0.15) is 6.04 Å². The van der Waals surface area contributed by atoms with Gasteiger partial charge in [0.2, 0.25) is 15.9 Å². The molecule has 0 radical (unpaired) electrons. The SMILES string of the molecule is Cc1ccc(C)c([C@@H](C)NC(=O)[C@H](C)N(c2cc(Cl)cc(Cl)c2)S(C)(=O)=O)c1. The predicted molar refractivity (Wildman–Crippen MR) is 116 cm³/mol. The summed E-state index contributed by atoms with van der Waals surface area (Å²) in [5, 5.41) is 3.47. The average Bonchev–Trinajstić information content (AvgIpc) is 2.54. The van der Waals surface area contributed by atoms with Crippen LogP contribution in [0, 0.1) is 13.8 Å². The highest BCUT2D eigenvalue weighted by molar-refractivity contribution is 7.92. The van der Waals surface area contributed by atoms with Gasteiger partial charge in [-0.15, -0.1) is 0 Å². The molecule has 0 aliphatic carbocycles. The van der Waals surface area contributed by atoms with Crippen LogP contribution >= 0.6 is 23.2 Å². The topological polar surface area (TPSA) is 66.5 Å². The normalized spacial score (nSPS) is 13.7. The van der Waals surface area contributed by atoms with E-state index in [1.165, 1.54) is 25.1 Å². The van der Waals surface area contributed by atoms with Crippen LogP contribution in [0.4, 0.5) is 5.69 Å². The maximum Gasteiger partial charge on any atom is 0.244 e. The second kappa shape index (κ2) is 8.72. The second-order valence-electron chi connectivity index (χ2n) is 6.95. The molecule has 0 bridgehead atoms. The van der Waals surface area contributed by atoms with E-state index in [0.717, 1.165) is 27.3 Å². The molecule has 5 nitrogen and oxygen atoms in total. The molecule has 0 unspecified atom stereocenters. The van der Waals surface area contributed by atoms with Crippen molar-refractivity contribution >= 4 is 44.8 Å². The maximum atomic E-state index is 12.9. The summed E-state index contributed by atoms with van der Waals surface area (Å²) in [4.78, 5) is 12.9. The van der Waals surface area contributed by atoms with Gasteiger partial charge in [0.25, 0.3) is 0 Å². The van der Waals surface area contributed by atoms with Crippen LogP contribution in [0.25, 0.3) is 0 Å². The quantitative estimate of drug-likeness (QED) is 0.707. The Kier molecular flexibility index (Phi) is 7.02. The third kappa shape index (κ3) is 5.40. The van der Waals surface area contributed by atoms with Crippen molar-refractivity contribution in [1.82, 2.24) is 5.32 Å². The molecule has 1 amide bonds. The van der Waals surface area contributed by atoms with Crippen LogP contribution in [0.15, 0.2) is 36.4 Å². The number of sulfonamides is 1. The van der Waals surface area contributed by atoms with Crippen LogP contribution in [0.2, 0.25) is 10.0 Å². The predicted octanol–water partition coefficient (Wildman–Crippen LogP) is 4.64. The summed E-state index contributed by atoms with van der Waals surface area (Å²) in [6.45, 7) is 7.35. The van der Waals surface area contributed by atoms with Crippen LogP contribution in [-0.4, -0.2) is 26.6 Å². The lowest BCUT2D eigenvalue weighted by molar-refractivity contribution is -0.122. The van der Waals surface area contributed by atoms with E-state index in [-0.39, 0.29) is 21.8 Å².